The van der Waals surface area contributed by atoms with E-state index >= 15 is 0 Å². The van der Waals surface area contributed by atoms with E-state index in [-0.39, 0.29) is 17.9 Å². The Labute approximate surface area is 109 Å². The van der Waals surface area contributed by atoms with E-state index in [0.717, 1.165) is 0 Å². The van der Waals surface area contributed by atoms with Gasteiger partial charge in [-0.3, -0.25) is 9.69 Å². The average molecular weight is 280 g/mol. The first-order chi connectivity index (χ1) is 8.06. The van der Waals surface area contributed by atoms with Crippen LogP contribution >= 0.6 is 0 Å². The summed E-state index contributed by atoms with van der Waals surface area (Å²) in [4.78, 5) is 12.4. The molecule has 18 heavy (non-hydrogen) atoms. The number of amides is 1. The van der Waals surface area contributed by atoms with Crippen molar-refractivity contribution in [1.82, 2.24) is 4.90 Å². The van der Waals surface area contributed by atoms with Gasteiger partial charge in [0.1, 0.15) is 0 Å². The normalized spacial score (nSPS) is 12.9. The third-order valence-electron chi connectivity index (χ3n) is 2.44. The molecule has 0 bridgehead atoms. The molecule has 0 aromatic rings. The molecule has 0 spiro atoms. The van der Waals surface area contributed by atoms with E-state index in [1.165, 1.54) is 0 Å². The summed E-state index contributed by atoms with van der Waals surface area (Å²) >= 11 is 0. The lowest BCUT2D eigenvalue weighted by Crippen LogP contribution is -2.41. The van der Waals surface area contributed by atoms with Crippen molar-refractivity contribution in [3.63, 3.8) is 0 Å². The summed E-state index contributed by atoms with van der Waals surface area (Å²) in [6.07, 6.45) is -0.139. The highest BCUT2D eigenvalue weighted by Gasteiger charge is 2.19. The number of likely N-dealkylation sites (N-methyl/N-ethyl adjacent to an activating group) is 1. The van der Waals surface area contributed by atoms with Crippen molar-refractivity contribution in [3.05, 3.63) is 0 Å². The summed E-state index contributed by atoms with van der Waals surface area (Å²) in [6.45, 7) is 6.68. The Hall–Kier alpha value is -0.660. The zero-order chi connectivity index (χ0) is 14.4. The summed E-state index contributed by atoms with van der Waals surface area (Å²) in [5, 5.41) is 9.67. The van der Waals surface area contributed by atoms with Gasteiger partial charge in [-0.2, -0.15) is 0 Å². The van der Waals surface area contributed by atoms with Crippen LogP contribution in [-0.4, -0.2) is 61.1 Å². The molecule has 108 valence electrons. The highest BCUT2D eigenvalue weighted by molar-refractivity contribution is 7.91. The minimum Gasteiger partial charge on any atom is -0.389 e. The number of primary amides is 1. The Morgan fingerprint density at radius 3 is 2.28 bits per heavy atom. The van der Waals surface area contributed by atoms with Crippen LogP contribution in [0.25, 0.3) is 0 Å². The van der Waals surface area contributed by atoms with Crippen LogP contribution in [0.5, 0.6) is 0 Å². The molecule has 0 unspecified atom stereocenters. The van der Waals surface area contributed by atoms with Crippen LogP contribution < -0.4 is 5.73 Å². The quantitative estimate of drug-likeness (QED) is 0.585. The Morgan fingerprint density at radius 2 is 1.89 bits per heavy atom. The van der Waals surface area contributed by atoms with Crippen LogP contribution in [0.3, 0.4) is 0 Å². The summed E-state index contributed by atoms with van der Waals surface area (Å²) in [7, 11) is -3.26. The molecule has 1 amide bonds. The maximum atomic E-state index is 11.6. The third kappa shape index (κ3) is 9.38. The fraction of sp³-hybridized carbons (Fsp3) is 0.909. The molecule has 6 nitrogen and oxygen atoms in total. The predicted molar refractivity (Wildman–Crippen MR) is 70.9 cm³/mol. The van der Waals surface area contributed by atoms with Gasteiger partial charge in [0.05, 0.1) is 17.1 Å². The zero-order valence-corrected chi connectivity index (χ0v) is 12.2. The van der Waals surface area contributed by atoms with Crippen molar-refractivity contribution >= 4 is 15.7 Å². The molecule has 0 aliphatic carbocycles. The van der Waals surface area contributed by atoms with Gasteiger partial charge in [0.25, 0.3) is 0 Å². The van der Waals surface area contributed by atoms with Crippen molar-refractivity contribution < 1.29 is 18.3 Å². The molecule has 0 aliphatic heterocycles. The van der Waals surface area contributed by atoms with Gasteiger partial charge in [0, 0.05) is 19.5 Å². The second-order valence-electron chi connectivity index (χ2n) is 5.05. The topological polar surface area (TPSA) is 101 Å². The van der Waals surface area contributed by atoms with Crippen LogP contribution in [-0.2, 0) is 14.6 Å². The van der Waals surface area contributed by atoms with Crippen molar-refractivity contribution in [2.45, 2.75) is 32.8 Å². The fourth-order valence-electron chi connectivity index (χ4n) is 1.52. The Morgan fingerprint density at radius 1 is 1.33 bits per heavy atom. The van der Waals surface area contributed by atoms with Crippen molar-refractivity contribution in [2.24, 2.45) is 5.73 Å². The highest BCUT2D eigenvalue weighted by Crippen LogP contribution is 2.05. The van der Waals surface area contributed by atoms with Crippen LogP contribution in [0.1, 0.15) is 27.2 Å². The number of rotatable bonds is 9. The molecule has 0 aromatic carbocycles. The molecule has 0 radical (unpaired) electrons. The number of aliphatic hydroxyl groups is 1. The highest BCUT2D eigenvalue weighted by atomic mass is 32.2. The van der Waals surface area contributed by atoms with Gasteiger partial charge in [0.2, 0.25) is 5.91 Å². The van der Waals surface area contributed by atoms with Gasteiger partial charge in [0.15, 0.2) is 9.84 Å². The van der Waals surface area contributed by atoms with Crippen LogP contribution in [0, 0.1) is 0 Å². The van der Waals surface area contributed by atoms with Crippen LogP contribution in [0.15, 0.2) is 0 Å². The SMILES string of the molecule is CCN(CCS(=O)(=O)CCC(N)=O)CC(C)(C)O. The first-order valence-corrected chi connectivity index (χ1v) is 7.81. The number of hydrogen-bond acceptors (Lipinski definition) is 5. The zero-order valence-electron chi connectivity index (χ0n) is 11.3. The lowest BCUT2D eigenvalue weighted by molar-refractivity contribution is -0.117. The first-order valence-electron chi connectivity index (χ1n) is 5.99. The maximum Gasteiger partial charge on any atom is 0.218 e. The summed E-state index contributed by atoms with van der Waals surface area (Å²) in [5.41, 5.74) is 4.06. The lowest BCUT2D eigenvalue weighted by atomic mass is 10.1. The number of sulfone groups is 1. The van der Waals surface area contributed by atoms with E-state index in [0.29, 0.717) is 19.6 Å². The molecule has 0 heterocycles. The Kier molecular flexibility index (Phi) is 6.80. The van der Waals surface area contributed by atoms with Gasteiger partial charge in [-0.25, -0.2) is 8.42 Å². The standard InChI is InChI=1S/C11H24N2O4S/c1-4-13(9-11(2,3)15)6-8-18(16,17)7-5-10(12)14/h15H,4-9H2,1-3H3,(H2,12,14). The summed E-state index contributed by atoms with van der Waals surface area (Å²) < 4.78 is 23.2. The van der Waals surface area contributed by atoms with Gasteiger partial charge >= 0.3 is 0 Å². The largest absolute Gasteiger partial charge is 0.389 e. The van der Waals surface area contributed by atoms with Crippen molar-refractivity contribution in [1.29, 1.82) is 0 Å². The fourth-order valence-corrected chi connectivity index (χ4v) is 2.78. The Balaban J connectivity index is 4.23. The minimum absolute atomic E-state index is 0.0236. The maximum absolute atomic E-state index is 11.6. The number of nitrogens with two attached hydrogens (primary N) is 1. The van der Waals surface area contributed by atoms with E-state index in [1.807, 2.05) is 11.8 Å². The monoisotopic (exact) mass is 280 g/mol. The van der Waals surface area contributed by atoms with Gasteiger partial charge < -0.3 is 10.8 Å². The molecule has 0 atom stereocenters. The molecule has 0 rings (SSSR count). The first kappa shape index (κ1) is 17.3. The van der Waals surface area contributed by atoms with Crippen LogP contribution in [0.2, 0.25) is 0 Å². The molecule has 0 fully saturated rings. The van der Waals surface area contributed by atoms with E-state index < -0.39 is 21.3 Å². The second-order valence-corrected chi connectivity index (χ2v) is 7.35. The predicted octanol–water partition coefficient (Wildman–Crippen LogP) is -0.631. The molecule has 0 saturated heterocycles. The van der Waals surface area contributed by atoms with Gasteiger partial charge in [-0.15, -0.1) is 0 Å². The van der Waals surface area contributed by atoms with E-state index in [1.54, 1.807) is 13.8 Å². The molecule has 0 saturated carbocycles. The van der Waals surface area contributed by atoms with Gasteiger partial charge in [-0.05, 0) is 20.4 Å². The summed E-state index contributed by atoms with van der Waals surface area (Å²) in [6, 6.07) is 0. The molecular weight excluding hydrogens is 256 g/mol. The van der Waals surface area contributed by atoms with Crippen molar-refractivity contribution in [3.8, 4) is 0 Å². The molecule has 3 N–H and O–H groups in total. The second kappa shape index (κ2) is 7.06. The lowest BCUT2D eigenvalue weighted by Gasteiger charge is -2.27. The molecular formula is C11H24N2O4S. The molecule has 7 heteroatoms. The number of carbonyl (C=O) groups excluding carboxylic acids is 1. The number of nitrogens with zero attached hydrogens (tertiary/aromatic N) is 1. The number of hydrogen-bond donors (Lipinski definition) is 2. The molecule has 0 aromatic heterocycles. The summed E-state index contributed by atoms with van der Waals surface area (Å²) in [5.74, 6) is -0.838. The number of carbonyl (C=O) groups is 1. The van der Waals surface area contributed by atoms with E-state index in [9.17, 15) is 18.3 Å². The van der Waals surface area contributed by atoms with E-state index in [2.05, 4.69) is 0 Å². The van der Waals surface area contributed by atoms with Gasteiger partial charge in [-0.1, -0.05) is 6.92 Å². The third-order valence-corrected chi connectivity index (χ3v) is 4.07. The van der Waals surface area contributed by atoms with Crippen LogP contribution in [0.4, 0.5) is 0 Å². The Bertz CT molecular complexity index is 360. The molecule has 0 aliphatic rings. The van der Waals surface area contributed by atoms with E-state index in [4.69, 9.17) is 5.73 Å². The minimum atomic E-state index is -3.26. The average Bonchev–Trinajstić information content (AvgIpc) is 2.20. The smallest absolute Gasteiger partial charge is 0.218 e. The van der Waals surface area contributed by atoms with Crippen molar-refractivity contribution in [2.75, 3.05) is 31.1 Å².